The molecule has 0 aliphatic heterocycles. The highest BCUT2D eigenvalue weighted by Gasteiger charge is 2.29. The number of carbonyl (C=O) groups excluding carboxylic acids is 1. The van der Waals surface area contributed by atoms with Gasteiger partial charge < -0.3 is 14.8 Å². The van der Waals surface area contributed by atoms with E-state index >= 15 is 0 Å². The number of nitrogens with one attached hydrogen (secondary N) is 1. The maximum atomic E-state index is 12.3. The number of hydrogen-bond acceptors (Lipinski definition) is 3. The Bertz CT molecular complexity index is 486. The van der Waals surface area contributed by atoms with Gasteiger partial charge in [-0.15, -0.1) is 0 Å². The van der Waals surface area contributed by atoms with Gasteiger partial charge in [-0.25, -0.2) is 0 Å². The van der Waals surface area contributed by atoms with Crippen LogP contribution in [0.4, 0.5) is 0 Å². The molecule has 1 aromatic rings. The molecule has 22 heavy (non-hydrogen) atoms. The number of rotatable bonds is 6. The molecule has 4 heteroatoms. The first-order valence-electron chi connectivity index (χ1n) is 7.65. The highest BCUT2D eigenvalue weighted by molar-refractivity contribution is 5.81. The second-order valence-electron chi connectivity index (χ2n) is 7.55. The van der Waals surface area contributed by atoms with Gasteiger partial charge in [-0.2, -0.15) is 0 Å². The molecule has 1 N–H and O–H groups in total. The molecule has 1 rings (SSSR count). The van der Waals surface area contributed by atoms with Crippen molar-refractivity contribution in [2.45, 2.75) is 59.6 Å². The van der Waals surface area contributed by atoms with E-state index in [1.807, 2.05) is 26.0 Å². The van der Waals surface area contributed by atoms with Gasteiger partial charge in [-0.3, -0.25) is 4.79 Å². The van der Waals surface area contributed by atoms with Crippen LogP contribution in [0.3, 0.4) is 0 Å². The predicted molar refractivity (Wildman–Crippen MR) is 89.4 cm³/mol. The van der Waals surface area contributed by atoms with E-state index in [1.165, 1.54) is 0 Å². The quantitative estimate of drug-likeness (QED) is 0.869. The van der Waals surface area contributed by atoms with Crippen LogP contribution in [0.15, 0.2) is 24.3 Å². The minimum Gasteiger partial charge on any atom is -0.497 e. The molecule has 0 bridgehead atoms. The fourth-order valence-electron chi connectivity index (χ4n) is 2.72. The highest BCUT2D eigenvalue weighted by atomic mass is 16.5. The molecular weight excluding hydrogens is 278 g/mol. The van der Waals surface area contributed by atoms with Gasteiger partial charge in [0.05, 0.1) is 7.11 Å². The second-order valence-corrected chi connectivity index (χ2v) is 7.55. The number of ether oxygens (including phenoxy) is 2. The van der Waals surface area contributed by atoms with Gasteiger partial charge in [0.25, 0.3) is 5.91 Å². The number of hydrogen-bond donors (Lipinski definition) is 1. The summed E-state index contributed by atoms with van der Waals surface area (Å²) in [6, 6.07) is 7.21. The van der Waals surface area contributed by atoms with E-state index in [-0.39, 0.29) is 16.9 Å². The van der Waals surface area contributed by atoms with Crippen LogP contribution in [-0.4, -0.2) is 24.7 Å². The molecule has 0 aliphatic rings. The summed E-state index contributed by atoms with van der Waals surface area (Å²) in [5, 5.41) is 3.07. The molecule has 0 unspecified atom stereocenters. The monoisotopic (exact) mass is 307 g/mol. The van der Waals surface area contributed by atoms with Crippen molar-refractivity contribution < 1.29 is 14.3 Å². The zero-order valence-electron chi connectivity index (χ0n) is 14.8. The molecule has 4 nitrogen and oxygen atoms in total. The smallest absolute Gasteiger partial charge is 0.261 e. The fraction of sp³-hybridized carbons (Fsp3) is 0.611. The SMILES string of the molecule is COc1ccc(O[C@H](C)C(=O)NC(C)(C)CC(C)(C)C)cc1. The third-order valence-corrected chi connectivity index (χ3v) is 3.18. The lowest BCUT2D eigenvalue weighted by Crippen LogP contribution is -2.50. The van der Waals surface area contributed by atoms with Crippen molar-refractivity contribution in [1.82, 2.24) is 5.32 Å². The second kappa shape index (κ2) is 7.03. The third-order valence-electron chi connectivity index (χ3n) is 3.18. The Hall–Kier alpha value is -1.71. The molecular formula is C18H29NO3. The standard InChI is InChI=1S/C18H29NO3/c1-13(22-15-10-8-14(21-7)9-11-15)16(20)19-18(5,6)12-17(2,3)4/h8-11,13H,12H2,1-7H3,(H,19,20)/t13-/m1/s1. The zero-order chi connectivity index (χ0) is 17.0. The highest BCUT2D eigenvalue weighted by Crippen LogP contribution is 2.27. The van der Waals surface area contributed by atoms with Gasteiger partial charge in [0.1, 0.15) is 11.5 Å². The van der Waals surface area contributed by atoms with Crippen LogP contribution < -0.4 is 14.8 Å². The molecule has 124 valence electrons. The largest absolute Gasteiger partial charge is 0.497 e. The Balaban J connectivity index is 2.60. The fourth-order valence-corrected chi connectivity index (χ4v) is 2.72. The molecule has 0 saturated heterocycles. The van der Waals surface area contributed by atoms with Crippen molar-refractivity contribution in [2.24, 2.45) is 5.41 Å². The number of methoxy groups -OCH3 is 1. The van der Waals surface area contributed by atoms with Crippen LogP contribution in [0.1, 0.15) is 48.0 Å². The molecule has 0 fully saturated rings. The Labute approximate surface area is 134 Å². The molecule has 0 saturated carbocycles. The Morgan fingerprint density at radius 3 is 2.05 bits per heavy atom. The van der Waals surface area contributed by atoms with Crippen molar-refractivity contribution in [2.75, 3.05) is 7.11 Å². The van der Waals surface area contributed by atoms with Crippen LogP contribution >= 0.6 is 0 Å². The van der Waals surface area contributed by atoms with Gasteiger partial charge in [0.2, 0.25) is 0 Å². The lowest BCUT2D eigenvalue weighted by molar-refractivity contribution is -0.129. The van der Waals surface area contributed by atoms with Gasteiger partial charge in [0.15, 0.2) is 6.10 Å². The number of carbonyl (C=O) groups is 1. The van der Waals surface area contributed by atoms with Crippen LogP contribution in [0.2, 0.25) is 0 Å². The lowest BCUT2D eigenvalue weighted by atomic mass is 9.81. The van der Waals surface area contributed by atoms with Crippen molar-refractivity contribution in [1.29, 1.82) is 0 Å². The van der Waals surface area contributed by atoms with E-state index in [1.54, 1.807) is 26.2 Å². The summed E-state index contributed by atoms with van der Waals surface area (Å²) in [5.41, 5.74) is -0.121. The average Bonchev–Trinajstić information content (AvgIpc) is 2.36. The summed E-state index contributed by atoms with van der Waals surface area (Å²) in [7, 11) is 1.61. The first kappa shape index (κ1) is 18.3. The molecule has 0 spiro atoms. The van der Waals surface area contributed by atoms with Crippen molar-refractivity contribution in [3.05, 3.63) is 24.3 Å². The van der Waals surface area contributed by atoms with Gasteiger partial charge in [-0.1, -0.05) is 20.8 Å². The Kier molecular flexibility index (Phi) is 5.86. The van der Waals surface area contributed by atoms with E-state index in [2.05, 4.69) is 26.1 Å². The summed E-state index contributed by atoms with van der Waals surface area (Å²) in [4.78, 5) is 12.3. The normalized spacial score (nSPS) is 13.4. The van der Waals surface area contributed by atoms with Gasteiger partial charge in [-0.05, 0) is 56.9 Å². The molecule has 0 heterocycles. The average molecular weight is 307 g/mol. The molecule has 0 aromatic heterocycles. The summed E-state index contributed by atoms with van der Waals surface area (Å²) in [5.74, 6) is 1.30. The van der Waals surface area contributed by atoms with Crippen molar-refractivity contribution >= 4 is 5.91 Å². The molecule has 1 aromatic carbocycles. The maximum absolute atomic E-state index is 12.3. The van der Waals surface area contributed by atoms with Crippen molar-refractivity contribution in [3.8, 4) is 11.5 Å². The topological polar surface area (TPSA) is 47.6 Å². The molecule has 0 radical (unpaired) electrons. The minimum atomic E-state index is -0.548. The van der Waals surface area contributed by atoms with Crippen molar-refractivity contribution in [3.63, 3.8) is 0 Å². The first-order chi connectivity index (χ1) is 10.0. The van der Waals surface area contributed by atoms with E-state index in [0.717, 1.165) is 12.2 Å². The first-order valence-corrected chi connectivity index (χ1v) is 7.65. The Morgan fingerprint density at radius 2 is 1.59 bits per heavy atom. The van der Waals surface area contributed by atoms with Gasteiger partial charge in [0, 0.05) is 5.54 Å². The lowest BCUT2D eigenvalue weighted by Gasteiger charge is -2.34. The number of amides is 1. The van der Waals surface area contributed by atoms with E-state index in [9.17, 15) is 4.79 Å². The molecule has 1 amide bonds. The summed E-state index contributed by atoms with van der Waals surface area (Å²) in [6.45, 7) is 12.3. The predicted octanol–water partition coefficient (Wildman–Crippen LogP) is 3.79. The van der Waals surface area contributed by atoms with Crippen LogP contribution in [0.5, 0.6) is 11.5 Å². The third kappa shape index (κ3) is 6.37. The van der Waals surface area contributed by atoms with E-state index in [4.69, 9.17) is 9.47 Å². The number of benzene rings is 1. The van der Waals surface area contributed by atoms with Crippen LogP contribution in [-0.2, 0) is 4.79 Å². The van der Waals surface area contributed by atoms with E-state index < -0.39 is 6.10 Å². The van der Waals surface area contributed by atoms with Crippen LogP contribution in [0.25, 0.3) is 0 Å². The summed E-state index contributed by atoms with van der Waals surface area (Å²) in [6.07, 6.45) is 0.341. The maximum Gasteiger partial charge on any atom is 0.261 e. The molecule has 0 aliphatic carbocycles. The molecule has 1 atom stereocenters. The van der Waals surface area contributed by atoms with Gasteiger partial charge >= 0.3 is 0 Å². The Morgan fingerprint density at radius 1 is 1.09 bits per heavy atom. The minimum absolute atomic E-state index is 0.106. The van der Waals surface area contributed by atoms with E-state index in [0.29, 0.717) is 5.75 Å². The van der Waals surface area contributed by atoms with Crippen LogP contribution in [0, 0.1) is 5.41 Å². The zero-order valence-corrected chi connectivity index (χ0v) is 14.8. The summed E-state index contributed by atoms with van der Waals surface area (Å²) < 4.78 is 10.8. The summed E-state index contributed by atoms with van der Waals surface area (Å²) >= 11 is 0.